The van der Waals surface area contributed by atoms with Gasteiger partial charge in [-0.15, -0.1) is 0 Å². The average Bonchev–Trinajstić information content (AvgIpc) is 2.40. The Morgan fingerprint density at radius 3 is 2.11 bits per heavy atom. The van der Waals surface area contributed by atoms with Crippen molar-refractivity contribution >= 4 is 55.5 Å². The molecule has 4 aromatic rings. The Kier molecular flexibility index (Phi) is 2.03. The van der Waals surface area contributed by atoms with Crippen LogP contribution in [0.15, 0.2) is 48.5 Å². The van der Waals surface area contributed by atoms with Crippen LogP contribution in [0.25, 0.3) is 32.3 Å². The van der Waals surface area contributed by atoms with Crippen LogP contribution in [0.2, 0.25) is 10.0 Å². The molecule has 0 nitrogen and oxygen atoms in total. The summed E-state index contributed by atoms with van der Waals surface area (Å²) in [6.45, 7) is 0. The molecule has 0 atom stereocenters. The molecule has 0 aromatic heterocycles. The summed E-state index contributed by atoms with van der Waals surface area (Å²) in [6, 6.07) is 16.4. The summed E-state index contributed by atoms with van der Waals surface area (Å²) < 4.78 is 0. The second-order valence-electron chi connectivity index (χ2n) is 4.52. The number of hydrogen-bond acceptors (Lipinski definition) is 0. The van der Waals surface area contributed by atoms with E-state index in [2.05, 4.69) is 30.3 Å². The van der Waals surface area contributed by atoms with Crippen LogP contribution >= 0.6 is 23.2 Å². The van der Waals surface area contributed by atoms with Gasteiger partial charge in [0, 0.05) is 20.8 Å². The Morgan fingerprint density at radius 2 is 1.28 bits per heavy atom. The van der Waals surface area contributed by atoms with Crippen LogP contribution in [0, 0.1) is 0 Å². The van der Waals surface area contributed by atoms with Crippen LogP contribution in [-0.4, -0.2) is 0 Å². The molecule has 0 aliphatic rings. The molecular weight excluding hydrogens is 263 g/mol. The minimum Gasteiger partial charge on any atom is -0.0837 e. The third-order valence-electron chi connectivity index (χ3n) is 3.54. The van der Waals surface area contributed by atoms with E-state index in [1.54, 1.807) is 0 Å². The Labute approximate surface area is 114 Å². The molecule has 4 rings (SSSR count). The zero-order chi connectivity index (χ0) is 12.3. The van der Waals surface area contributed by atoms with Crippen molar-refractivity contribution in [3.8, 4) is 0 Å². The molecule has 4 aromatic carbocycles. The fourth-order valence-electron chi connectivity index (χ4n) is 2.74. The summed E-state index contributed by atoms with van der Waals surface area (Å²) >= 11 is 12.7. The maximum Gasteiger partial charge on any atom is 0.0491 e. The number of benzene rings is 4. The lowest BCUT2D eigenvalue weighted by atomic mass is 9.94. The first-order chi connectivity index (χ1) is 8.75. The van der Waals surface area contributed by atoms with Gasteiger partial charge in [-0.2, -0.15) is 0 Å². The Hall–Kier alpha value is -1.50. The second kappa shape index (κ2) is 3.50. The Bertz CT molecular complexity index is 879. The lowest BCUT2D eigenvalue weighted by Gasteiger charge is -2.12. The summed E-state index contributed by atoms with van der Waals surface area (Å²) in [6.07, 6.45) is 0. The third kappa shape index (κ3) is 1.22. The van der Waals surface area contributed by atoms with E-state index in [0.29, 0.717) is 0 Å². The first-order valence-electron chi connectivity index (χ1n) is 5.77. The lowest BCUT2D eigenvalue weighted by Crippen LogP contribution is -1.85. The van der Waals surface area contributed by atoms with Crippen LogP contribution < -0.4 is 0 Å². The van der Waals surface area contributed by atoms with Gasteiger partial charge in [-0.25, -0.2) is 0 Å². The lowest BCUT2D eigenvalue weighted by molar-refractivity contribution is 1.78. The van der Waals surface area contributed by atoms with E-state index in [4.69, 9.17) is 23.2 Å². The molecule has 0 aliphatic heterocycles. The summed E-state index contributed by atoms with van der Waals surface area (Å²) in [5.41, 5.74) is 0. The normalized spacial score (nSPS) is 11.9. The van der Waals surface area contributed by atoms with Gasteiger partial charge in [0.2, 0.25) is 0 Å². The molecule has 0 N–H and O–H groups in total. The van der Waals surface area contributed by atoms with E-state index in [1.807, 2.05) is 18.2 Å². The predicted molar refractivity (Wildman–Crippen MR) is 80.2 cm³/mol. The monoisotopic (exact) mass is 270 g/mol. The highest BCUT2D eigenvalue weighted by Gasteiger charge is 2.12. The van der Waals surface area contributed by atoms with Crippen LogP contribution in [0.1, 0.15) is 0 Å². The van der Waals surface area contributed by atoms with Crippen molar-refractivity contribution in [1.29, 1.82) is 0 Å². The molecule has 0 fully saturated rings. The predicted octanol–water partition coefficient (Wildman–Crippen LogP) is 5.89. The first-order valence-corrected chi connectivity index (χ1v) is 6.53. The van der Waals surface area contributed by atoms with Crippen molar-refractivity contribution in [2.75, 3.05) is 0 Å². The smallest absolute Gasteiger partial charge is 0.0491 e. The SMILES string of the molecule is Clc1cc2c(Cl)ccc3ccc4cccc1c4c32. The van der Waals surface area contributed by atoms with E-state index in [1.165, 1.54) is 21.5 Å². The summed E-state index contributed by atoms with van der Waals surface area (Å²) in [5.74, 6) is 0. The Balaban J connectivity index is 2.49. The van der Waals surface area contributed by atoms with E-state index < -0.39 is 0 Å². The molecule has 0 spiro atoms. The minimum absolute atomic E-state index is 0.752. The summed E-state index contributed by atoms with van der Waals surface area (Å²) in [7, 11) is 0. The van der Waals surface area contributed by atoms with Crippen LogP contribution in [0.4, 0.5) is 0 Å². The van der Waals surface area contributed by atoms with Crippen molar-refractivity contribution in [2.24, 2.45) is 0 Å². The van der Waals surface area contributed by atoms with E-state index in [9.17, 15) is 0 Å². The van der Waals surface area contributed by atoms with E-state index >= 15 is 0 Å². The molecule has 2 heteroatoms. The van der Waals surface area contributed by atoms with Gasteiger partial charge < -0.3 is 0 Å². The highest BCUT2D eigenvalue weighted by Crippen LogP contribution is 2.40. The highest BCUT2D eigenvalue weighted by molar-refractivity contribution is 6.43. The van der Waals surface area contributed by atoms with E-state index in [-0.39, 0.29) is 0 Å². The van der Waals surface area contributed by atoms with Crippen molar-refractivity contribution in [3.05, 3.63) is 58.6 Å². The number of hydrogen-bond donors (Lipinski definition) is 0. The van der Waals surface area contributed by atoms with Crippen molar-refractivity contribution in [2.45, 2.75) is 0 Å². The molecule has 86 valence electrons. The second-order valence-corrected chi connectivity index (χ2v) is 5.34. The van der Waals surface area contributed by atoms with Crippen LogP contribution in [0.3, 0.4) is 0 Å². The summed E-state index contributed by atoms with van der Waals surface area (Å²) in [5, 5.41) is 8.46. The minimum atomic E-state index is 0.752. The molecule has 0 heterocycles. The molecule has 0 amide bonds. The Morgan fingerprint density at radius 1 is 0.611 bits per heavy atom. The van der Waals surface area contributed by atoms with Crippen LogP contribution in [0.5, 0.6) is 0 Å². The van der Waals surface area contributed by atoms with Gasteiger partial charge in [0.15, 0.2) is 0 Å². The molecule has 0 saturated carbocycles. The number of rotatable bonds is 0. The fourth-order valence-corrected chi connectivity index (χ4v) is 3.22. The molecule has 0 aliphatic carbocycles. The topological polar surface area (TPSA) is 0 Å². The van der Waals surface area contributed by atoms with Gasteiger partial charge in [-0.1, -0.05) is 59.6 Å². The van der Waals surface area contributed by atoms with Gasteiger partial charge in [-0.05, 0) is 33.7 Å². The first kappa shape index (κ1) is 10.4. The molecule has 18 heavy (non-hydrogen) atoms. The van der Waals surface area contributed by atoms with Crippen molar-refractivity contribution < 1.29 is 0 Å². The maximum atomic E-state index is 6.37. The van der Waals surface area contributed by atoms with Crippen molar-refractivity contribution in [1.82, 2.24) is 0 Å². The molecule has 0 bridgehead atoms. The molecule has 0 saturated heterocycles. The summed E-state index contributed by atoms with van der Waals surface area (Å²) in [4.78, 5) is 0. The largest absolute Gasteiger partial charge is 0.0837 e. The van der Waals surface area contributed by atoms with Crippen LogP contribution in [-0.2, 0) is 0 Å². The number of halogens is 2. The van der Waals surface area contributed by atoms with Gasteiger partial charge in [-0.3, -0.25) is 0 Å². The standard InChI is InChI=1S/C16H8Cl2/c17-13-7-6-10-5-4-9-2-1-3-11-14(18)8-12(13)16(10)15(9)11/h1-8H. The van der Waals surface area contributed by atoms with Gasteiger partial charge in [0.1, 0.15) is 0 Å². The molecule has 0 unspecified atom stereocenters. The zero-order valence-electron chi connectivity index (χ0n) is 9.37. The van der Waals surface area contributed by atoms with Gasteiger partial charge in [0.25, 0.3) is 0 Å². The van der Waals surface area contributed by atoms with Crippen molar-refractivity contribution in [3.63, 3.8) is 0 Å². The molecule has 0 radical (unpaired) electrons. The van der Waals surface area contributed by atoms with Gasteiger partial charge >= 0.3 is 0 Å². The highest BCUT2D eigenvalue weighted by atomic mass is 35.5. The molecular formula is C16H8Cl2. The van der Waals surface area contributed by atoms with Gasteiger partial charge in [0.05, 0.1) is 0 Å². The quantitative estimate of drug-likeness (QED) is 0.350. The van der Waals surface area contributed by atoms with E-state index in [0.717, 1.165) is 20.8 Å². The average molecular weight is 271 g/mol. The third-order valence-corrected chi connectivity index (χ3v) is 4.18. The zero-order valence-corrected chi connectivity index (χ0v) is 10.9. The fraction of sp³-hybridized carbons (Fsp3) is 0. The maximum absolute atomic E-state index is 6.37.